The number of allylic oxidation sites excluding steroid dienone is 2. The number of halogens is 1. The number of carbonyl (C=O) groups excluding carboxylic acids is 3. The second kappa shape index (κ2) is 35.8. The fraction of sp³-hybridized carbons (Fsp3) is 0.717. The van der Waals surface area contributed by atoms with Crippen LogP contribution in [0.4, 0.5) is 0 Å². The van der Waals surface area contributed by atoms with Crippen LogP contribution in [-0.2, 0) is 49.1 Å². The molecule has 1 amide bonds. The minimum absolute atomic E-state index is 0.0481. The van der Waals surface area contributed by atoms with E-state index in [9.17, 15) is 19.5 Å². The summed E-state index contributed by atoms with van der Waals surface area (Å²) in [5.74, 6) is -1.70. The van der Waals surface area contributed by atoms with Crippen molar-refractivity contribution in [2.45, 2.75) is 234 Å². The van der Waals surface area contributed by atoms with E-state index in [1.165, 1.54) is 65.9 Å². The molecule has 0 aliphatic carbocycles. The van der Waals surface area contributed by atoms with Crippen molar-refractivity contribution in [3.8, 4) is 5.75 Å². The SMILES string of the molecule is C=C(I)C[C@@H](NC(=O)[C@H](C)OCc1ccc(OC)cc1)[C@](C)(C(=O)OC)[C@@H](OC(C)=O)[C@H](C)[C@@H](C[C@@H](/C=C/C(C)=C/C[C@H](O)/C=[CH]/[Sn]([CH2]CCC)([CH2]CCC)[CH2]CCC)OCOCC[Si](C)(C)C)O[Si](C)(C)C(C)(C)C. The molecule has 1 rings (SSSR count). The molecule has 0 aromatic heterocycles. The molecular weight excluding hydrogens is 1210 g/mol. The van der Waals surface area contributed by atoms with Gasteiger partial charge in [0.15, 0.2) is 8.32 Å². The van der Waals surface area contributed by atoms with Gasteiger partial charge in [-0.3, -0.25) is 14.4 Å². The van der Waals surface area contributed by atoms with Crippen LogP contribution in [0.5, 0.6) is 5.75 Å². The number of methoxy groups -OCH3 is 2. The predicted octanol–water partition coefficient (Wildman–Crippen LogP) is 14.8. The average molecular weight is 1320 g/mol. The van der Waals surface area contributed by atoms with Gasteiger partial charge in [0, 0.05) is 21.6 Å². The molecule has 2 N–H and O–H groups in total. The van der Waals surface area contributed by atoms with Crippen LogP contribution in [0.15, 0.2) is 68.4 Å². The molecule has 0 spiro atoms. The molecule has 0 saturated heterocycles. The van der Waals surface area contributed by atoms with Gasteiger partial charge in [-0.2, -0.15) is 0 Å². The van der Waals surface area contributed by atoms with Crippen molar-refractivity contribution in [3.05, 3.63) is 74.0 Å². The first-order chi connectivity index (χ1) is 35.4. The number of benzene rings is 1. The van der Waals surface area contributed by atoms with Gasteiger partial charge in [-0.25, -0.2) is 0 Å². The van der Waals surface area contributed by atoms with Crippen LogP contribution in [0.3, 0.4) is 0 Å². The number of carbonyl (C=O) groups is 3. The topological polar surface area (TPSA) is 148 Å². The Bertz CT molecular complexity index is 1940. The van der Waals surface area contributed by atoms with Crippen LogP contribution in [0.1, 0.15) is 140 Å². The smallest absolute Gasteiger partial charge is 0.0695 e. The molecule has 16 heteroatoms. The van der Waals surface area contributed by atoms with E-state index in [0.717, 1.165) is 17.2 Å². The van der Waals surface area contributed by atoms with Crippen molar-refractivity contribution >= 4 is 75.2 Å². The Balaban J connectivity index is 3.93. The van der Waals surface area contributed by atoms with Crippen molar-refractivity contribution in [2.24, 2.45) is 11.3 Å². The first-order valence-electron chi connectivity index (χ1n) is 28.2. The summed E-state index contributed by atoms with van der Waals surface area (Å²) in [5.41, 5.74) is 0.160. The number of aliphatic hydroxyl groups excluding tert-OH is 1. The third-order valence-corrected chi connectivity index (χ3v) is 35.9. The standard InChI is InChI=1S/C48H79INO11Si2.3C4H9.Sn/c1-18-39(52)23-19-33(2)20-24-41(59-32-57-27-28-62(13,14)15)30-42(61-63(16,17)47(7,8)9)35(4)44(60-37(6)51)48(10,46(54)56-12)43(29-34(3)49)50-45(53)36(5)58-31-38-21-25-40(55-11)26-22-38;3*1-3-4-2;/h1,18-22,24-26,35-36,39,41-44,52H,3,23,27-32H2,2,4-17H3,(H,50,53);3*1,3-4H2,2H3;/b18-1?,24-20+,33-19+;;;;/t35-,36+,39-,41-,42-,43-,44+,48+;;;;/m1..../s1. The summed E-state index contributed by atoms with van der Waals surface area (Å²) < 4.78 is 50.7. The zero-order valence-electron chi connectivity index (χ0n) is 50.7. The number of ether oxygens (including phenoxy) is 6. The first-order valence-corrected chi connectivity index (χ1v) is 43.6. The maximum absolute atomic E-state index is 14.6. The van der Waals surface area contributed by atoms with Crippen molar-refractivity contribution in [1.29, 1.82) is 0 Å². The molecule has 1 aromatic rings. The summed E-state index contributed by atoms with van der Waals surface area (Å²) in [5, 5.41) is 14.3. The van der Waals surface area contributed by atoms with Crippen LogP contribution in [0.25, 0.3) is 0 Å². The number of hydrogen-bond donors (Lipinski definition) is 2. The third-order valence-electron chi connectivity index (χ3n) is 15.2. The zero-order chi connectivity index (χ0) is 57.9. The number of nitrogens with one attached hydrogen (secondary N) is 1. The van der Waals surface area contributed by atoms with E-state index in [0.29, 0.717) is 28.8 Å². The van der Waals surface area contributed by atoms with Gasteiger partial charge in [0.25, 0.3) is 0 Å². The number of amides is 1. The van der Waals surface area contributed by atoms with Crippen molar-refractivity contribution in [2.75, 3.05) is 27.6 Å². The normalized spacial score (nSPS) is 16.6. The van der Waals surface area contributed by atoms with Gasteiger partial charge in [0.2, 0.25) is 5.91 Å². The molecule has 76 heavy (non-hydrogen) atoms. The predicted molar refractivity (Wildman–Crippen MR) is 330 cm³/mol. The molecule has 0 fully saturated rings. The Labute approximate surface area is 482 Å². The van der Waals surface area contributed by atoms with E-state index >= 15 is 0 Å². The molecule has 0 saturated carbocycles. The molecule has 0 aliphatic rings. The third kappa shape index (κ3) is 26.6. The number of unbranched alkanes of at least 4 members (excludes halogenated alkanes) is 3. The van der Waals surface area contributed by atoms with E-state index in [1.54, 1.807) is 21.0 Å². The Kier molecular flexibility index (Phi) is 34.0. The van der Waals surface area contributed by atoms with Crippen LogP contribution in [0, 0.1) is 11.3 Å². The number of aliphatic hydroxyl groups is 1. The van der Waals surface area contributed by atoms with E-state index in [4.69, 9.17) is 32.8 Å². The Hall–Kier alpha value is -1.85. The molecule has 0 heterocycles. The maximum atomic E-state index is 14.6. The molecular formula is C60H106INO11Si2Sn. The van der Waals surface area contributed by atoms with Crippen LogP contribution in [-0.4, -0.2) is 122 Å². The van der Waals surface area contributed by atoms with Gasteiger partial charge in [-0.05, 0) is 88.3 Å². The number of esters is 2. The number of rotatable bonds is 39. The minimum Gasteiger partial charge on any atom is -0.0695 e. The molecule has 0 radical (unpaired) electrons. The van der Waals surface area contributed by atoms with E-state index < -0.39 is 101 Å². The van der Waals surface area contributed by atoms with Gasteiger partial charge >= 0.3 is 207 Å². The minimum atomic E-state index is -2.61. The fourth-order valence-corrected chi connectivity index (χ4v) is 26.0. The zero-order valence-corrected chi connectivity index (χ0v) is 57.7. The van der Waals surface area contributed by atoms with Gasteiger partial charge in [0.05, 0.1) is 26.9 Å². The molecule has 1 aromatic carbocycles. The molecule has 12 nitrogen and oxygen atoms in total. The second-order valence-electron chi connectivity index (χ2n) is 24.1. The molecule has 0 aliphatic heterocycles. The first kappa shape index (κ1) is 72.2. The summed E-state index contributed by atoms with van der Waals surface area (Å²) in [6.07, 6.45) is 12.8. The summed E-state index contributed by atoms with van der Waals surface area (Å²) in [6, 6.07) is 7.41. The molecule has 436 valence electrons. The van der Waals surface area contributed by atoms with Gasteiger partial charge in [-0.1, -0.05) is 66.0 Å². The van der Waals surface area contributed by atoms with Crippen LogP contribution in [0.2, 0.25) is 57.1 Å². The van der Waals surface area contributed by atoms with Crippen molar-refractivity contribution in [3.63, 3.8) is 0 Å². The Morgan fingerprint density at radius 1 is 0.882 bits per heavy atom. The van der Waals surface area contributed by atoms with Crippen molar-refractivity contribution in [1.82, 2.24) is 5.32 Å². The van der Waals surface area contributed by atoms with E-state index in [1.807, 2.05) is 50.3 Å². The monoisotopic (exact) mass is 1320 g/mol. The summed E-state index contributed by atoms with van der Waals surface area (Å²) in [7, 11) is -1.09. The van der Waals surface area contributed by atoms with Gasteiger partial charge in [-0.15, -0.1) is 0 Å². The van der Waals surface area contributed by atoms with E-state index in [-0.39, 0.29) is 24.9 Å². The summed E-state index contributed by atoms with van der Waals surface area (Å²) in [6.45, 7) is 38.2. The van der Waals surface area contributed by atoms with Gasteiger partial charge < -0.3 is 24.3 Å². The fourth-order valence-electron chi connectivity index (χ4n) is 8.94. The quantitative estimate of drug-likeness (QED) is 0.0162. The van der Waals surface area contributed by atoms with E-state index in [2.05, 4.69) is 125 Å². The second-order valence-corrected chi connectivity index (χ2v) is 49.0. The molecule has 0 unspecified atom stereocenters. The van der Waals surface area contributed by atoms with Crippen LogP contribution >= 0.6 is 22.6 Å². The molecule has 0 bridgehead atoms. The van der Waals surface area contributed by atoms with Crippen molar-refractivity contribution < 1.29 is 52.3 Å². The molecule has 8 atom stereocenters. The average Bonchev–Trinajstić information content (AvgIpc) is 3.35. The Morgan fingerprint density at radius 2 is 1.46 bits per heavy atom. The van der Waals surface area contributed by atoms with Crippen LogP contribution < -0.4 is 10.1 Å². The van der Waals surface area contributed by atoms with Gasteiger partial charge in [0.1, 0.15) is 23.4 Å². The Morgan fingerprint density at radius 3 is 1.95 bits per heavy atom. The number of hydrogen-bond acceptors (Lipinski definition) is 11. The summed E-state index contributed by atoms with van der Waals surface area (Å²) in [4.78, 5) is 42.2. The summed E-state index contributed by atoms with van der Waals surface area (Å²) >= 11 is -0.479.